The van der Waals surface area contributed by atoms with Crippen molar-refractivity contribution in [1.82, 2.24) is 5.06 Å². The van der Waals surface area contributed by atoms with E-state index in [1.165, 1.54) is 18.2 Å². The summed E-state index contributed by atoms with van der Waals surface area (Å²) in [6.07, 6.45) is 0. The van der Waals surface area contributed by atoms with Gasteiger partial charge in [-0.1, -0.05) is 0 Å². The van der Waals surface area contributed by atoms with Crippen LogP contribution in [0.1, 0.15) is 38.0 Å². The van der Waals surface area contributed by atoms with Crippen molar-refractivity contribution < 1.29 is 57.0 Å². The fourth-order valence-electron chi connectivity index (χ4n) is 1.57. The summed E-state index contributed by atoms with van der Waals surface area (Å²) in [4.78, 5) is 34.2. The zero-order chi connectivity index (χ0) is 12.6. The van der Waals surface area contributed by atoms with Crippen LogP contribution in [-0.2, 0) is 37.4 Å². The van der Waals surface area contributed by atoms with Gasteiger partial charge in [-0.3, -0.25) is 14.8 Å². The van der Waals surface area contributed by atoms with Crippen molar-refractivity contribution in [3.05, 3.63) is 34.9 Å². The SMILES string of the molecule is CCOC(=O)c1ccc2c(c1)C(=O)N(O)C2=O.[Y]. The summed E-state index contributed by atoms with van der Waals surface area (Å²) in [5.74, 6) is -2.21. The molecular weight excluding hydrogens is 315 g/mol. The van der Waals surface area contributed by atoms with Gasteiger partial charge in [0.15, 0.2) is 0 Å². The van der Waals surface area contributed by atoms with E-state index in [1.54, 1.807) is 6.92 Å². The van der Waals surface area contributed by atoms with Gasteiger partial charge in [-0.05, 0) is 25.1 Å². The van der Waals surface area contributed by atoms with E-state index in [0.29, 0.717) is 0 Å². The van der Waals surface area contributed by atoms with Crippen molar-refractivity contribution in [3.63, 3.8) is 0 Å². The van der Waals surface area contributed by atoms with Crippen molar-refractivity contribution in [2.75, 3.05) is 6.61 Å². The van der Waals surface area contributed by atoms with Gasteiger partial charge >= 0.3 is 5.97 Å². The molecule has 6 nitrogen and oxygen atoms in total. The van der Waals surface area contributed by atoms with Crippen LogP contribution in [0.2, 0.25) is 0 Å². The molecule has 2 rings (SSSR count). The molecule has 0 bridgehead atoms. The maximum Gasteiger partial charge on any atom is 0.338 e. The van der Waals surface area contributed by atoms with E-state index in [9.17, 15) is 14.4 Å². The number of ether oxygens (including phenoxy) is 1. The molecule has 0 saturated carbocycles. The normalized spacial score (nSPS) is 13.1. The molecule has 1 heterocycles. The zero-order valence-corrected chi connectivity index (χ0v) is 12.4. The Morgan fingerprint density at radius 3 is 2.50 bits per heavy atom. The first-order valence-electron chi connectivity index (χ1n) is 4.95. The van der Waals surface area contributed by atoms with Gasteiger partial charge in [0.1, 0.15) is 0 Å². The van der Waals surface area contributed by atoms with Gasteiger partial charge in [0.05, 0.1) is 23.3 Å². The van der Waals surface area contributed by atoms with Gasteiger partial charge in [0, 0.05) is 32.7 Å². The molecule has 0 saturated heterocycles. The van der Waals surface area contributed by atoms with Crippen LogP contribution in [-0.4, -0.2) is 34.7 Å². The van der Waals surface area contributed by atoms with Crippen LogP contribution in [0.25, 0.3) is 0 Å². The van der Waals surface area contributed by atoms with Gasteiger partial charge in [-0.15, -0.1) is 5.06 Å². The van der Waals surface area contributed by atoms with Crippen molar-refractivity contribution in [2.45, 2.75) is 6.92 Å². The van der Waals surface area contributed by atoms with Crippen LogP contribution in [0, 0.1) is 0 Å². The third-order valence-electron chi connectivity index (χ3n) is 2.38. The molecule has 18 heavy (non-hydrogen) atoms. The van der Waals surface area contributed by atoms with Crippen LogP contribution in [0.5, 0.6) is 0 Å². The number of carbonyl (C=O) groups excluding carboxylic acids is 3. The Morgan fingerprint density at radius 2 is 1.89 bits per heavy atom. The van der Waals surface area contributed by atoms with Crippen molar-refractivity contribution in [2.24, 2.45) is 0 Å². The van der Waals surface area contributed by atoms with Crippen LogP contribution in [0.15, 0.2) is 18.2 Å². The molecular formula is C11H9NO5Y. The molecule has 1 aliphatic rings. The molecule has 1 aliphatic heterocycles. The number of hydrogen-bond acceptors (Lipinski definition) is 5. The number of fused-ring (bicyclic) bond motifs is 1. The number of carbonyl (C=O) groups is 3. The molecule has 1 N–H and O–H groups in total. The van der Waals surface area contributed by atoms with Gasteiger partial charge in [0.2, 0.25) is 0 Å². The van der Waals surface area contributed by atoms with Crippen molar-refractivity contribution in [1.29, 1.82) is 0 Å². The third kappa shape index (κ3) is 2.36. The Bertz CT molecular complexity index is 528. The van der Waals surface area contributed by atoms with Crippen LogP contribution in [0.3, 0.4) is 0 Å². The Labute approximate surface area is 128 Å². The molecule has 7 heteroatoms. The standard InChI is InChI=1S/C11H9NO5.Y/c1-2-17-11(15)6-3-4-7-8(5-6)10(14)12(16)9(7)13;/h3-5,16H,2H2,1H3;. The number of benzene rings is 1. The molecule has 1 radical (unpaired) electrons. The van der Waals surface area contributed by atoms with Crippen molar-refractivity contribution >= 4 is 17.8 Å². The number of nitrogens with zero attached hydrogens (tertiary/aromatic N) is 1. The second-order valence-electron chi connectivity index (χ2n) is 3.40. The second kappa shape index (κ2) is 5.69. The summed E-state index contributed by atoms with van der Waals surface area (Å²) >= 11 is 0. The minimum absolute atomic E-state index is 0. The fourth-order valence-corrected chi connectivity index (χ4v) is 1.57. The molecule has 0 atom stereocenters. The Morgan fingerprint density at radius 1 is 1.28 bits per heavy atom. The first-order valence-corrected chi connectivity index (χ1v) is 4.95. The smallest absolute Gasteiger partial charge is 0.338 e. The van der Waals surface area contributed by atoms with Gasteiger partial charge in [-0.2, -0.15) is 0 Å². The number of amides is 2. The maximum atomic E-state index is 11.4. The quantitative estimate of drug-likeness (QED) is 0.495. The Balaban J connectivity index is 0.00000162. The van der Waals surface area contributed by atoms with Crippen molar-refractivity contribution in [3.8, 4) is 0 Å². The molecule has 91 valence electrons. The minimum Gasteiger partial charge on any atom is -0.462 e. The number of hydroxylamine groups is 2. The topological polar surface area (TPSA) is 83.9 Å². The van der Waals surface area contributed by atoms with E-state index in [1.807, 2.05) is 0 Å². The first kappa shape index (κ1) is 15.0. The van der Waals surface area contributed by atoms with Crippen LogP contribution in [0.4, 0.5) is 0 Å². The average Bonchev–Trinajstić information content (AvgIpc) is 2.55. The molecule has 2 amide bonds. The van der Waals surface area contributed by atoms with Crippen LogP contribution >= 0.6 is 0 Å². The fraction of sp³-hybridized carbons (Fsp3) is 0.182. The predicted octanol–water partition coefficient (Wildman–Crippen LogP) is 0.846. The molecule has 1 aromatic rings. The Kier molecular flexibility index (Phi) is 4.73. The number of hydrogen-bond donors (Lipinski definition) is 1. The largest absolute Gasteiger partial charge is 0.462 e. The van der Waals surface area contributed by atoms with E-state index >= 15 is 0 Å². The number of esters is 1. The minimum atomic E-state index is -0.837. The monoisotopic (exact) mass is 324 g/mol. The summed E-state index contributed by atoms with van der Waals surface area (Å²) in [7, 11) is 0. The number of rotatable bonds is 2. The number of imide groups is 1. The molecule has 0 aliphatic carbocycles. The summed E-state index contributed by atoms with van der Waals surface area (Å²) in [5, 5.41) is 9.17. The van der Waals surface area contributed by atoms with E-state index < -0.39 is 17.8 Å². The predicted molar refractivity (Wildman–Crippen MR) is 54.7 cm³/mol. The molecule has 0 fully saturated rings. The van der Waals surface area contributed by atoms with E-state index in [0.717, 1.165) is 0 Å². The third-order valence-corrected chi connectivity index (χ3v) is 2.38. The average molecular weight is 324 g/mol. The first-order chi connectivity index (χ1) is 8.06. The maximum absolute atomic E-state index is 11.4. The molecule has 0 spiro atoms. The van der Waals surface area contributed by atoms with Crippen LogP contribution < -0.4 is 0 Å². The second-order valence-corrected chi connectivity index (χ2v) is 3.40. The summed E-state index contributed by atoms with van der Waals surface area (Å²) in [5.41, 5.74) is 0.246. The van der Waals surface area contributed by atoms with E-state index in [4.69, 9.17) is 9.94 Å². The summed E-state index contributed by atoms with van der Waals surface area (Å²) in [6.45, 7) is 1.88. The molecule has 0 unspecified atom stereocenters. The Hall–Kier alpha value is -1.11. The van der Waals surface area contributed by atoms with Gasteiger partial charge in [-0.25, -0.2) is 4.79 Å². The molecule has 0 aromatic heterocycles. The zero-order valence-electron chi connectivity index (χ0n) is 9.54. The van der Waals surface area contributed by atoms with E-state index in [2.05, 4.69) is 0 Å². The van der Waals surface area contributed by atoms with Gasteiger partial charge in [0.25, 0.3) is 11.8 Å². The summed E-state index contributed by atoms with van der Waals surface area (Å²) in [6, 6.07) is 3.93. The van der Waals surface area contributed by atoms with Gasteiger partial charge < -0.3 is 4.74 Å². The molecule has 1 aromatic carbocycles. The summed E-state index contributed by atoms with van der Waals surface area (Å²) < 4.78 is 4.77. The van der Waals surface area contributed by atoms with E-state index in [-0.39, 0.29) is 61.1 Å².